The van der Waals surface area contributed by atoms with E-state index >= 15 is 0 Å². The van der Waals surface area contributed by atoms with Crippen molar-refractivity contribution in [2.75, 3.05) is 4.72 Å². The highest BCUT2D eigenvalue weighted by atomic mass is 79.9. The predicted molar refractivity (Wildman–Crippen MR) is 73.4 cm³/mol. The number of nitrogens with one attached hydrogen (secondary N) is 1. The molecule has 1 heterocycles. The average molecular weight is 346 g/mol. The minimum atomic E-state index is -3.70. The second-order valence-corrected chi connectivity index (χ2v) is 6.49. The van der Waals surface area contributed by atoms with Gasteiger partial charge in [-0.15, -0.1) is 0 Å². The van der Waals surface area contributed by atoms with Gasteiger partial charge in [-0.05, 0) is 42.3 Å². The van der Waals surface area contributed by atoms with E-state index in [9.17, 15) is 8.42 Å². The van der Waals surface area contributed by atoms with E-state index < -0.39 is 10.0 Å². The van der Waals surface area contributed by atoms with E-state index in [0.717, 1.165) is 4.47 Å². The smallest absolute Gasteiger partial charge is 0.259 e. The third-order valence-electron chi connectivity index (χ3n) is 2.55. The molecule has 0 aliphatic carbocycles. The van der Waals surface area contributed by atoms with Crippen LogP contribution in [0.25, 0.3) is 0 Å². The molecule has 0 fully saturated rings. The van der Waals surface area contributed by atoms with Crippen LogP contribution in [0.5, 0.6) is 0 Å². The van der Waals surface area contributed by atoms with Crippen LogP contribution in [0.2, 0.25) is 0 Å². The number of benzene rings is 1. The molecule has 0 bridgehead atoms. The first-order chi connectivity index (χ1) is 8.94. The number of anilines is 1. The SMILES string of the molecule is CCc1nonc1NS(=O)(=O)c1ccc(Br)cc1C. The number of halogens is 1. The number of nitrogens with zero attached hydrogens (tertiary/aromatic N) is 2. The van der Waals surface area contributed by atoms with Gasteiger partial charge in [0.1, 0.15) is 5.69 Å². The number of aromatic nitrogens is 2. The molecule has 102 valence electrons. The first-order valence-corrected chi connectivity index (χ1v) is 7.82. The van der Waals surface area contributed by atoms with Gasteiger partial charge in [-0.3, -0.25) is 4.72 Å². The average Bonchev–Trinajstić information content (AvgIpc) is 2.74. The van der Waals surface area contributed by atoms with Crippen LogP contribution in [-0.4, -0.2) is 18.7 Å². The zero-order valence-electron chi connectivity index (χ0n) is 10.3. The fourth-order valence-electron chi connectivity index (χ4n) is 1.61. The van der Waals surface area contributed by atoms with E-state index in [1.807, 2.05) is 6.92 Å². The maximum Gasteiger partial charge on any atom is 0.263 e. The minimum Gasteiger partial charge on any atom is -0.259 e. The summed E-state index contributed by atoms with van der Waals surface area (Å²) < 4.78 is 32.3. The molecular formula is C11H12BrN3O3S. The van der Waals surface area contributed by atoms with Gasteiger partial charge in [-0.1, -0.05) is 28.0 Å². The number of hydrogen-bond acceptors (Lipinski definition) is 5. The Hall–Kier alpha value is -1.41. The summed E-state index contributed by atoms with van der Waals surface area (Å²) in [5.74, 6) is 0.129. The summed E-state index contributed by atoms with van der Waals surface area (Å²) >= 11 is 3.29. The van der Waals surface area contributed by atoms with Crippen LogP contribution in [0.15, 0.2) is 32.2 Å². The fourth-order valence-corrected chi connectivity index (χ4v) is 3.34. The molecular weight excluding hydrogens is 334 g/mol. The van der Waals surface area contributed by atoms with Crippen LogP contribution in [-0.2, 0) is 16.4 Å². The molecule has 1 aromatic heterocycles. The van der Waals surface area contributed by atoms with Gasteiger partial charge < -0.3 is 0 Å². The Labute approximate surface area is 119 Å². The summed E-state index contributed by atoms with van der Waals surface area (Å²) in [5.41, 5.74) is 1.11. The van der Waals surface area contributed by atoms with Gasteiger partial charge in [-0.2, -0.15) is 0 Å². The standard InChI is InChI=1S/C11H12BrN3O3S/c1-3-9-11(14-18-13-9)15-19(16,17)10-5-4-8(12)6-7(10)2/h4-6H,3H2,1-2H3,(H,14,15). The van der Waals surface area contributed by atoms with Gasteiger partial charge in [-0.25, -0.2) is 13.0 Å². The number of hydrogen-bond donors (Lipinski definition) is 1. The molecule has 0 aliphatic rings. The molecule has 0 saturated heterocycles. The summed E-state index contributed by atoms with van der Waals surface area (Å²) in [4.78, 5) is 0.195. The number of rotatable bonds is 4. The largest absolute Gasteiger partial charge is 0.263 e. The van der Waals surface area contributed by atoms with Gasteiger partial charge in [0.05, 0.1) is 4.90 Å². The van der Waals surface area contributed by atoms with Crippen LogP contribution >= 0.6 is 15.9 Å². The molecule has 1 aromatic carbocycles. The zero-order valence-corrected chi connectivity index (χ0v) is 12.7. The Morgan fingerprint density at radius 3 is 2.74 bits per heavy atom. The molecule has 0 amide bonds. The van der Waals surface area contributed by atoms with Crippen LogP contribution in [0.1, 0.15) is 18.2 Å². The Morgan fingerprint density at radius 1 is 1.37 bits per heavy atom. The summed E-state index contributed by atoms with van der Waals surface area (Å²) in [6.07, 6.45) is 0.528. The van der Waals surface area contributed by atoms with Crippen molar-refractivity contribution >= 4 is 31.8 Å². The second-order valence-electron chi connectivity index (χ2n) is 3.93. The molecule has 0 atom stereocenters. The normalized spacial score (nSPS) is 11.5. The maximum absolute atomic E-state index is 12.3. The molecule has 0 unspecified atom stereocenters. The Balaban J connectivity index is 2.38. The lowest BCUT2D eigenvalue weighted by Crippen LogP contribution is -2.15. The molecule has 2 aromatic rings. The molecule has 1 N–H and O–H groups in total. The highest BCUT2D eigenvalue weighted by molar-refractivity contribution is 9.10. The van der Waals surface area contributed by atoms with Crippen LogP contribution in [0, 0.1) is 6.92 Å². The van der Waals surface area contributed by atoms with E-state index in [1.165, 1.54) is 6.07 Å². The molecule has 0 radical (unpaired) electrons. The fraction of sp³-hybridized carbons (Fsp3) is 0.273. The lowest BCUT2D eigenvalue weighted by Gasteiger charge is -2.08. The number of sulfonamides is 1. The van der Waals surface area contributed by atoms with Gasteiger partial charge in [0, 0.05) is 4.47 Å². The highest BCUT2D eigenvalue weighted by Crippen LogP contribution is 2.23. The van der Waals surface area contributed by atoms with E-state index in [-0.39, 0.29) is 10.7 Å². The maximum atomic E-state index is 12.3. The Kier molecular flexibility index (Phi) is 3.91. The van der Waals surface area contributed by atoms with Crippen molar-refractivity contribution in [1.82, 2.24) is 10.3 Å². The van der Waals surface area contributed by atoms with E-state index in [4.69, 9.17) is 0 Å². The van der Waals surface area contributed by atoms with Crippen molar-refractivity contribution in [3.8, 4) is 0 Å². The predicted octanol–water partition coefficient (Wildman–Crippen LogP) is 2.50. The summed E-state index contributed by atoms with van der Waals surface area (Å²) in [5, 5.41) is 7.19. The van der Waals surface area contributed by atoms with E-state index in [0.29, 0.717) is 17.7 Å². The summed E-state index contributed by atoms with van der Waals surface area (Å²) in [7, 11) is -3.70. The first-order valence-electron chi connectivity index (χ1n) is 5.54. The third-order valence-corrected chi connectivity index (χ3v) is 4.54. The van der Waals surface area contributed by atoms with Crippen molar-refractivity contribution in [2.45, 2.75) is 25.2 Å². The monoisotopic (exact) mass is 345 g/mol. The molecule has 0 aliphatic heterocycles. The van der Waals surface area contributed by atoms with Gasteiger partial charge in [0.15, 0.2) is 0 Å². The molecule has 8 heteroatoms. The quantitative estimate of drug-likeness (QED) is 0.919. The molecule has 2 rings (SSSR count). The molecule has 6 nitrogen and oxygen atoms in total. The lowest BCUT2D eigenvalue weighted by molar-refractivity contribution is 0.305. The van der Waals surface area contributed by atoms with Crippen molar-refractivity contribution in [3.05, 3.63) is 33.9 Å². The van der Waals surface area contributed by atoms with Crippen LogP contribution in [0.4, 0.5) is 5.82 Å². The lowest BCUT2D eigenvalue weighted by atomic mass is 10.2. The van der Waals surface area contributed by atoms with E-state index in [2.05, 4.69) is 35.6 Å². The summed E-state index contributed by atoms with van der Waals surface area (Å²) in [6.45, 7) is 3.56. The number of aryl methyl sites for hydroxylation is 2. The minimum absolute atomic E-state index is 0.129. The van der Waals surface area contributed by atoms with Gasteiger partial charge in [0.25, 0.3) is 10.0 Å². The second kappa shape index (κ2) is 5.30. The van der Waals surface area contributed by atoms with Crippen molar-refractivity contribution in [1.29, 1.82) is 0 Å². The van der Waals surface area contributed by atoms with Gasteiger partial charge in [0.2, 0.25) is 5.82 Å². The van der Waals surface area contributed by atoms with Crippen molar-refractivity contribution < 1.29 is 13.0 Å². The van der Waals surface area contributed by atoms with E-state index in [1.54, 1.807) is 19.1 Å². The van der Waals surface area contributed by atoms with Crippen molar-refractivity contribution in [2.24, 2.45) is 0 Å². The molecule has 0 saturated carbocycles. The van der Waals surface area contributed by atoms with Crippen LogP contribution in [0.3, 0.4) is 0 Å². The molecule has 0 spiro atoms. The first kappa shape index (κ1) is 14.0. The third kappa shape index (κ3) is 2.95. The Bertz CT molecular complexity index is 697. The topological polar surface area (TPSA) is 85.1 Å². The summed E-state index contributed by atoms with van der Waals surface area (Å²) in [6, 6.07) is 4.93. The zero-order chi connectivity index (χ0) is 14.0. The van der Waals surface area contributed by atoms with Crippen LogP contribution < -0.4 is 4.72 Å². The van der Waals surface area contributed by atoms with Gasteiger partial charge >= 0.3 is 0 Å². The highest BCUT2D eigenvalue weighted by Gasteiger charge is 2.20. The molecule has 19 heavy (non-hydrogen) atoms. The van der Waals surface area contributed by atoms with Crippen molar-refractivity contribution in [3.63, 3.8) is 0 Å². The Morgan fingerprint density at radius 2 is 2.11 bits per heavy atom.